The van der Waals surface area contributed by atoms with Crippen molar-refractivity contribution in [2.24, 2.45) is 0 Å². The monoisotopic (exact) mass is 370 g/mol. The Hall–Kier alpha value is -2.97. The molecule has 7 nitrogen and oxygen atoms in total. The van der Waals surface area contributed by atoms with Crippen LogP contribution in [-0.4, -0.2) is 23.9 Å². The van der Waals surface area contributed by atoms with Gasteiger partial charge in [0.1, 0.15) is 6.54 Å². The van der Waals surface area contributed by atoms with Crippen molar-refractivity contribution in [2.45, 2.75) is 18.0 Å². The van der Waals surface area contributed by atoms with Crippen molar-refractivity contribution >= 4 is 21.6 Å². The number of imidazole rings is 1. The Kier molecular flexibility index (Phi) is 5.45. The Labute approximate surface area is 151 Å². The zero-order valence-electron chi connectivity index (χ0n) is 13.9. The molecule has 0 aliphatic rings. The van der Waals surface area contributed by atoms with Crippen LogP contribution in [0.25, 0.3) is 0 Å². The predicted molar refractivity (Wildman–Crippen MR) is 97.8 cm³/mol. The summed E-state index contributed by atoms with van der Waals surface area (Å²) in [6, 6.07) is 15.4. The smallest absolute Gasteiger partial charge is 0.244 e. The first kappa shape index (κ1) is 17.8. The highest BCUT2D eigenvalue weighted by atomic mass is 32.2. The van der Waals surface area contributed by atoms with Crippen molar-refractivity contribution in [2.75, 3.05) is 5.32 Å². The average molecular weight is 370 g/mol. The molecule has 0 unspecified atom stereocenters. The number of amides is 1. The van der Waals surface area contributed by atoms with E-state index in [0.29, 0.717) is 5.69 Å². The van der Waals surface area contributed by atoms with Gasteiger partial charge in [0.05, 0.1) is 11.2 Å². The van der Waals surface area contributed by atoms with Gasteiger partial charge < -0.3 is 9.88 Å². The van der Waals surface area contributed by atoms with Gasteiger partial charge in [0.15, 0.2) is 0 Å². The molecule has 1 heterocycles. The van der Waals surface area contributed by atoms with Gasteiger partial charge in [-0.05, 0) is 23.8 Å². The second-order valence-corrected chi connectivity index (χ2v) is 7.39. The molecule has 0 radical (unpaired) electrons. The molecule has 0 spiro atoms. The maximum Gasteiger partial charge on any atom is 0.244 e. The third-order valence-corrected chi connectivity index (χ3v) is 5.02. The zero-order chi connectivity index (χ0) is 18.4. The number of nitrogens with zero attached hydrogens (tertiary/aromatic N) is 2. The zero-order valence-corrected chi connectivity index (χ0v) is 14.7. The topological polar surface area (TPSA) is 93.1 Å². The van der Waals surface area contributed by atoms with Crippen LogP contribution >= 0.6 is 0 Å². The molecular formula is C18H18N4O3S. The number of nitrogens with one attached hydrogen (secondary N) is 2. The fraction of sp³-hybridized carbons (Fsp3) is 0.111. The van der Waals surface area contributed by atoms with E-state index in [4.69, 9.17) is 0 Å². The molecule has 0 fully saturated rings. The third-order valence-electron chi connectivity index (χ3n) is 3.62. The molecule has 0 saturated carbocycles. The van der Waals surface area contributed by atoms with E-state index in [-0.39, 0.29) is 23.9 Å². The molecule has 0 atom stereocenters. The summed E-state index contributed by atoms with van der Waals surface area (Å²) in [5.41, 5.74) is 1.28. The van der Waals surface area contributed by atoms with Crippen molar-refractivity contribution in [1.29, 1.82) is 0 Å². The van der Waals surface area contributed by atoms with Crippen molar-refractivity contribution < 1.29 is 13.2 Å². The number of hydrogen-bond acceptors (Lipinski definition) is 4. The maximum atomic E-state index is 12.5. The number of carbonyl (C=O) groups is 1. The fourth-order valence-corrected chi connectivity index (χ4v) is 3.41. The number of aromatic nitrogens is 2. The number of carbonyl (C=O) groups excluding carboxylic acids is 1. The van der Waals surface area contributed by atoms with Gasteiger partial charge >= 0.3 is 0 Å². The Morgan fingerprint density at radius 1 is 1.08 bits per heavy atom. The molecule has 26 heavy (non-hydrogen) atoms. The van der Waals surface area contributed by atoms with Crippen LogP contribution in [0.5, 0.6) is 0 Å². The second kappa shape index (κ2) is 7.94. The summed E-state index contributed by atoms with van der Waals surface area (Å²) in [6.45, 7) is 0.295. The minimum Gasteiger partial charge on any atom is -0.328 e. The van der Waals surface area contributed by atoms with Gasteiger partial charge in [-0.15, -0.1) is 0 Å². The Balaban J connectivity index is 1.66. The van der Waals surface area contributed by atoms with Gasteiger partial charge in [0.2, 0.25) is 15.9 Å². The van der Waals surface area contributed by atoms with E-state index in [1.54, 1.807) is 29.1 Å². The summed E-state index contributed by atoms with van der Waals surface area (Å²) in [4.78, 5) is 16.0. The van der Waals surface area contributed by atoms with Crippen molar-refractivity contribution in [3.05, 3.63) is 78.9 Å². The summed E-state index contributed by atoms with van der Waals surface area (Å²) in [5.74, 6) is -0.269. The van der Waals surface area contributed by atoms with E-state index >= 15 is 0 Å². The summed E-state index contributed by atoms with van der Waals surface area (Å²) >= 11 is 0. The van der Waals surface area contributed by atoms with Crippen LogP contribution in [0.1, 0.15) is 5.56 Å². The van der Waals surface area contributed by atoms with Gasteiger partial charge in [0, 0.05) is 24.6 Å². The lowest BCUT2D eigenvalue weighted by atomic mass is 10.2. The van der Waals surface area contributed by atoms with E-state index in [0.717, 1.165) is 5.56 Å². The third kappa shape index (κ3) is 4.78. The number of rotatable bonds is 7. The van der Waals surface area contributed by atoms with Crippen LogP contribution in [0.2, 0.25) is 0 Å². The molecule has 2 aromatic carbocycles. The molecular weight excluding hydrogens is 352 g/mol. The molecule has 0 bridgehead atoms. The average Bonchev–Trinajstić information content (AvgIpc) is 3.14. The van der Waals surface area contributed by atoms with Gasteiger partial charge in [-0.25, -0.2) is 18.1 Å². The Morgan fingerprint density at radius 2 is 1.88 bits per heavy atom. The van der Waals surface area contributed by atoms with Crippen LogP contribution in [0, 0.1) is 0 Å². The van der Waals surface area contributed by atoms with Gasteiger partial charge in [-0.3, -0.25) is 4.79 Å². The van der Waals surface area contributed by atoms with Crippen molar-refractivity contribution in [3.63, 3.8) is 0 Å². The number of anilines is 1. The van der Waals surface area contributed by atoms with Gasteiger partial charge in [-0.2, -0.15) is 0 Å². The lowest BCUT2D eigenvalue weighted by molar-refractivity contribution is -0.116. The highest BCUT2D eigenvalue weighted by Crippen LogP contribution is 2.16. The predicted octanol–water partition coefficient (Wildman–Crippen LogP) is 2.00. The SMILES string of the molecule is O=C(Cn1ccnc1)Nc1cccc(S(=O)(=O)NCc2ccccc2)c1. The van der Waals surface area contributed by atoms with Crippen LogP contribution in [0.15, 0.2) is 78.2 Å². The molecule has 0 aliphatic carbocycles. The molecule has 1 amide bonds. The summed E-state index contributed by atoms with van der Waals surface area (Å²) in [5, 5.41) is 2.69. The number of sulfonamides is 1. The Morgan fingerprint density at radius 3 is 2.62 bits per heavy atom. The highest BCUT2D eigenvalue weighted by Gasteiger charge is 2.14. The van der Waals surface area contributed by atoms with Crippen LogP contribution in [-0.2, 0) is 27.9 Å². The normalized spacial score (nSPS) is 11.2. The van der Waals surface area contributed by atoms with E-state index < -0.39 is 10.0 Å². The lowest BCUT2D eigenvalue weighted by Crippen LogP contribution is -2.23. The van der Waals surface area contributed by atoms with Crippen LogP contribution in [0.4, 0.5) is 5.69 Å². The number of hydrogen-bond donors (Lipinski definition) is 2. The van der Waals surface area contributed by atoms with Gasteiger partial charge in [0.25, 0.3) is 0 Å². The van der Waals surface area contributed by atoms with Crippen LogP contribution < -0.4 is 10.0 Å². The molecule has 3 aromatic rings. The van der Waals surface area contributed by atoms with Gasteiger partial charge in [-0.1, -0.05) is 36.4 Å². The second-order valence-electron chi connectivity index (χ2n) is 5.62. The summed E-state index contributed by atoms with van der Waals surface area (Å²) < 4.78 is 29.1. The summed E-state index contributed by atoms with van der Waals surface area (Å²) in [6.07, 6.45) is 4.79. The molecule has 8 heteroatoms. The molecule has 134 valence electrons. The minimum atomic E-state index is -3.68. The molecule has 0 saturated heterocycles. The first-order valence-corrected chi connectivity index (χ1v) is 9.40. The van der Waals surface area contributed by atoms with E-state index in [1.807, 2.05) is 30.3 Å². The minimum absolute atomic E-state index is 0.0915. The maximum absolute atomic E-state index is 12.5. The summed E-state index contributed by atoms with van der Waals surface area (Å²) in [7, 11) is -3.68. The van der Waals surface area contributed by atoms with E-state index in [1.165, 1.54) is 18.5 Å². The molecule has 2 N–H and O–H groups in total. The largest absolute Gasteiger partial charge is 0.328 e. The highest BCUT2D eigenvalue weighted by molar-refractivity contribution is 7.89. The van der Waals surface area contributed by atoms with Crippen LogP contribution in [0.3, 0.4) is 0 Å². The van der Waals surface area contributed by atoms with Crippen molar-refractivity contribution in [3.8, 4) is 0 Å². The molecule has 0 aliphatic heterocycles. The molecule has 1 aromatic heterocycles. The number of benzene rings is 2. The first-order valence-electron chi connectivity index (χ1n) is 7.92. The molecule has 3 rings (SSSR count). The Bertz CT molecular complexity index is 971. The lowest BCUT2D eigenvalue weighted by Gasteiger charge is -2.10. The quantitative estimate of drug-likeness (QED) is 0.665. The fourth-order valence-electron chi connectivity index (χ4n) is 2.35. The van der Waals surface area contributed by atoms with Crippen molar-refractivity contribution in [1.82, 2.24) is 14.3 Å². The first-order chi connectivity index (χ1) is 12.5. The van der Waals surface area contributed by atoms with E-state index in [9.17, 15) is 13.2 Å². The standard InChI is InChI=1S/C18H18N4O3S/c23-18(13-22-10-9-19-14-22)21-16-7-4-8-17(11-16)26(24,25)20-12-15-5-2-1-3-6-15/h1-11,14,20H,12-13H2,(H,21,23). The van der Waals surface area contributed by atoms with E-state index in [2.05, 4.69) is 15.0 Å².